The minimum absolute atomic E-state index is 0.142. The highest BCUT2D eigenvalue weighted by molar-refractivity contribution is 5.88. The number of pyridine rings is 1. The standard InChI is InChI=1S/C13H18N2O3/c1-9-6-11(13(16)17)7-12(14-9)15-4-3-5-18-10(2)8-15/h6-7,10H,3-5,8H2,1-2H3,(H,16,17). The molecular formula is C13H18N2O3. The summed E-state index contributed by atoms with van der Waals surface area (Å²) >= 11 is 0. The van der Waals surface area contributed by atoms with Gasteiger partial charge in [-0.2, -0.15) is 0 Å². The minimum Gasteiger partial charge on any atom is -0.478 e. The number of carboxylic acid groups (broad SMARTS) is 1. The van der Waals surface area contributed by atoms with E-state index in [4.69, 9.17) is 9.84 Å². The molecule has 5 heteroatoms. The van der Waals surface area contributed by atoms with Crippen LogP contribution in [0, 0.1) is 6.92 Å². The van der Waals surface area contributed by atoms with Gasteiger partial charge >= 0.3 is 5.97 Å². The minimum atomic E-state index is -0.916. The highest BCUT2D eigenvalue weighted by Gasteiger charge is 2.18. The molecule has 0 saturated carbocycles. The van der Waals surface area contributed by atoms with E-state index in [0.717, 1.165) is 37.6 Å². The van der Waals surface area contributed by atoms with Crippen molar-refractivity contribution in [3.8, 4) is 0 Å². The zero-order chi connectivity index (χ0) is 13.1. The lowest BCUT2D eigenvalue weighted by Crippen LogP contribution is -2.31. The molecule has 0 bridgehead atoms. The van der Waals surface area contributed by atoms with Gasteiger partial charge in [-0.25, -0.2) is 9.78 Å². The Balaban J connectivity index is 2.28. The molecule has 1 aliphatic heterocycles. The fraction of sp³-hybridized carbons (Fsp3) is 0.538. The number of aromatic carboxylic acids is 1. The summed E-state index contributed by atoms with van der Waals surface area (Å²) in [6, 6.07) is 3.22. The Morgan fingerprint density at radius 3 is 3.06 bits per heavy atom. The van der Waals surface area contributed by atoms with Crippen LogP contribution in [0.2, 0.25) is 0 Å². The number of nitrogens with zero attached hydrogens (tertiary/aromatic N) is 2. The Kier molecular flexibility index (Phi) is 3.81. The van der Waals surface area contributed by atoms with Gasteiger partial charge in [0.15, 0.2) is 0 Å². The third-order valence-electron chi connectivity index (χ3n) is 2.96. The van der Waals surface area contributed by atoms with Gasteiger partial charge in [-0.1, -0.05) is 0 Å². The van der Waals surface area contributed by atoms with Crippen LogP contribution in [0.4, 0.5) is 5.82 Å². The maximum atomic E-state index is 11.0. The molecule has 5 nitrogen and oxygen atoms in total. The highest BCUT2D eigenvalue weighted by Crippen LogP contribution is 2.18. The van der Waals surface area contributed by atoms with E-state index in [2.05, 4.69) is 9.88 Å². The molecule has 98 valence electrons. The van der Waals surface area contributed by atoms with Crippen molar-refractivity contribution in [2.24, 2.45) is 0 Å². The Morgan fingerprint density at radius 2 is 2.33 bits per heavy atom. The lowest BCUT2D eigenvalue weighted by atomic mass is 10.2. The number of hydrogen-bond donors (Lipinski definition) is 1. The van der Waals surface area contributed by atoms with Gasteiger partial charge in [0, 0.05) is 25.4 Å². The number of anilines is 1. The fourth-order valence-corrected chi connectivity index (χ4v) is 2.14. The summed E-state index contributed by atoms with van der Waals surface area (Å²) in [5.74, 6) is -0.189. The predicted octanol–water partition coefficient (Wildman–Crippen LogP) is 1.70. The third-order valence-corrected chi connectivity index (χ3v) is 2.96. The first-order chi connectivity index (χ1) is 8.56. The summed E-state index contributed by atoms with van der Waals surface area (Å²) in [6.07, 6.45) is 1.07. The van der Waals surface area contributed by atoms with Gasteiger partial charge in [0.1, 0.15) is 5.82 Å². The second-order valence-corrected chi connectivity index (χ2v) is 4.64. The summed E-state index contributed by atoms with van der Waals surface area (Å²) in [5.41, 5.74) is 1.01. The van der Waals surface area contributed by atoms with Gasteiger partial charge in [-0.15, -0.1) is 0 Å². The molecule has 0 spiro atoms. The maximum Gasteiger partial charge on any atom is 0.335 e. The maximum absolute atomic E-state index is 11.0. The Labute approximate surface area is 106 Å². The molecular weight excluding hydrogens is 232 g/mol. The van der Waals surface area contributed by atoms with Gasteiger partial charge in [0.25, 0.3) is 0 Å². The number of ether oxygens (including phenoxy) is 1. The van der Waals surface area contributed by atoms with Crippen molar-refractivity contribution in [2.75, 3.05) is 24.6 Å². The Hall–Kier alpha value is -1.62. The van der Waals surface area contributed by atoms with Crippen molar-refractivity contribution in [2.45, 2.75) is 26.4 Å². The molecule has 0 aromatic carbocycles. The monoisotopic (exact) mass is 250 g/mol. The van der Waals surface area contributed by atoms with Crippen LogP contribution >= 0.6 is 0 Å². The van der Waals surface area contributed by atoms with Crippen molar-refractivity contribution in [3.05, 3.63) is 23.4 Å². The van der Waals surface area contributed by atoms with E-state index in [1.807, 2.05) is 13.8 Å². The van der Waals surface area contributed by atoms with Gasteiger partial charge in [-0.05, 0) is 32.4 Å². The molecule has 1 aromatic rings. The van der Waals surface area contributed by atoms with Gasteiger partial charge < -0.3 is 14.7 Å². The summed E-state index contributed by atoms with van der Waals surface area (Å²) in [6.45, 7) is 6.17. The number of aromatic nitrogens is 1. The number of aryl methyl sites for hydroxylation is 1. The Bertz CT molecular complexity index is 448. The normalized spacial score (nSPS) is 20.6. The van der Waals surface area contributed by atoms with Crippen molar-refractivity contribution in [1.82, 2.24) is 4.98 Å². The fourth-order valence-electron chi connectivity index (χ4n) is 2.14. The molecule has 1 fully saturated rings. The van der Waals surface area contributed by atoms with Crippen LogP contribution in [-0.2, 0) is 4.74 Å². The zero-order valence-corrected chi connectivity index (χ0v) is 10.7. The van der Waals surface area contributed by atoms with Crippen LogP contribution in [0.1, 0.15) is 29.4 Å². The third kappa shape index (κ3) is 2.98. The largest absolute Gasteiger partial charge is 0.478 e. The lowest BCUT2D eigenvalue weighted by Gasteiger charge is -2.23. The van der Waals surface area contributed by atoms with Crippen LogP contribution in [-0.4, -0.2) is 41.9 Å². The SMILES string of the molecule is Cc1cc(C(=O)O)cc(N2CCCOC(C)C2)n1. The van der Waals surface area contributed by atoms with E-state index in [1.165, 1.54) is 0 Å². The molecule has 1 unspecified atom stereocenters. The van der Waals surface area contributed by atoms with Crippen LogP contribution in [0.5, 0.6) is 0 Å². The molecule has 1 saturated heterocycles. The second-order valence-electron chi connectivity index (χ2n) is 4.64. The van der Waals surface area contributed by atoms with Gasteiger partial charge in [0.2, 0.25) is 0 Å². The molecule has 1 aliphatic rings. The van der Waals surface area contributed by atoms with E-state index in [0.29, 0.717) is 0 Å². The van der Waals surface area contributed by atoms with Crippen molar-refractivity contribution in [1.29, 1.82) is 0 Å². The number of carbonyl (C=O) groups is 1. The van der Waals surface area contributed by atoms with E-state index in [9.17, 15) is 4.79 Å². The summed E-state index contributed by atoms with van der Waals surface area (Å²) < 4.78 is 5.58. The van der Waals surface area contributed by atoms with Crippen LogP contribution in [0.15, 0.2) is 12.1 Å². The molecule has 2 heterocycles. The molecule has 18 heavy (non-hydrogen) atoms. The first kappa shape index (κ1) is 12.8. The Morgan fingerprint density at radius 1 is 1.56 bits per heavy atom. The summed E-state index contributed by atoms with van der Waals surface area (Å²) in [7, 11) is 0. The molecule has 0 amide bonds. The van der Waals surface area contributed by atoms with E-state index < -0.39 is 5.97 Å². The number of rotatable bonds is 2. The number of hydrogen-bond acceptors (Lipinski definition) is 4. The highest BCUT2D eigenvalue weighted by atomic mass is 16.5. The van der Waals surface area contributed by atoms with Crippen molar-refractivity contribution in [3.63, 3.8) is 0 Å². The molecule has 1 aromatic heterocycles. The van der Waals surface area contributed by atoms with Crippen LogP contribution < -0.4 is 4.90 Å². The first-order valence-corrected chi connectivity index (χ1v) is 6.15. The van der Waals surface area contributed by atoms with E-state index in [1.54, 1.807) is 12.1 Å². The van der Waals surface area contributed by atoms with Crippen molar-refractivity contribution >= 4 is 11.8 Å². The lowest BCUT2D eigenvalue weighted by molar-refractivity contribution is 0.0696. The second kappa shape index (κ2) is 5.35. The average Bonchev–Trinajstić information content (AvgIpc) is 2.53. The van der Waals surface area contributed by atoms with Crippen LogP contribution in [0.3, 0.4) is 0 Å². The summed E-state index contributed by atoms with van der Waals surface area (Å²) in [4.78, 5) is 17.6. The van der Waals surface area contributed by atoms with Gasteiger partial charge in [-0.3, -0.25) is 0 Å². The molecule has 0 aliphatic carbocycles. The molecule has 0 radical (unpaired) electrons. The average molecular weight is 250 g/mol. The van der Waals surface area contributed by atoms with Crippen molar-refractivity contribution < 1.29 is 14.6 Å². The first-order valence-electron chi connectivity index (χ1n) is 6.15. The molecule has 1 atom stereocenters. The van der Waals surface area contributed by atoms with E-state index in [-0.39, 0.29) is 11.7 Å². The number of carboxylic acids is 1. The molecule has 2 rings (SSSR count). The van der Waals surface area contributed by atoms with Gasteiger partial charge in [0.05, 0.1) is 11.7 Å². The van der Waals surface area contributed by atoms with Crippen LogP contribution in [0.25, 0.3) is 0 Å². The quantitative estimate of drug-likeness (QED) is 0.865. The predicted molar refractivity (Wildman–Crippen MR) is 68.2 cm³/mol. The molecule has 1 N–H and O–H groups in total. The smallest absolute Gasteiger partial charge is 0.335 e. The summed E-state index contributed by atoms with van der Waals surface area (Å²) in [5, 5.41) is 9.07. The van der Waals surface area contributed by atoms with E-state index >= 15 is 0 Å². The zero-order valence-electron chi connectivity index (χ0n) is 10.7. The topological polar surface area (TPSA) is 62.7 Å².